The first-order valence-electron chi connectivity index (χ1n) is 8.75. The summed E-state index contributed by atoms with van der Waals surface area (Å²) in [5, 5.41) is 2.16. The third-order valence-electron chi connectivity index (χ3n) is 3.71. The predicted octanol–water partition coefficient (Wildman–Crippen LogP) is 2.73. The zero-order valence-corrected chi connectivity index (χ0v) is 16.1. The summed E-state index contributed by atoms with van der Waals surface area (Å²) < 4.78 is 15.5. The molecule has 28 heavy (non-hydrogen) atoms. The van der Waals surface area contributed by atoms with E-state index in [1.54, 1.807) is 42.5 Å². The summed E-state index contributed by atoms with van der Waals surface area (Å²) in [7, 11) is 1.43. The van der Waals surface area contributed by atoms with Gasteiger partial charge in [-0.1, -0.05) is 24.3 Å². The van der Waals surface area contributed by atoms with Crippen molar-refractivity contribution >= 4 is 17.8 Å². The second-order valence-corrected chi connectivity index (χ2v) is 6.21. The Labute approximate surface area is 163 Å². The number of esters is 1. The van der Waals surface area contributed by atoms with Crippen LogP contribution in [0.1, 0.15) is 40.1 Å². The number of para-hydroxylation sites is 1. The van der Waals surface area contributed by atoms with E-state index in [1.807, 2.05) is 13.8 Å². The van der Waals surface area contributed by atoms with E-state index in [0.29, 0.717) is 17.9 Å². The van der Waals surface area contributed by atoms with Crippen LogP contribution in [-0.4, -0.2) is 37.6 Å². The fourth-order valence-corrected chi connectivity index (χ4v) is 2.28. The van der Waals surface area contributed by atoms with E-state index in [2.05, 4.69) is 5.32 Å². The number of amides is 2. The summed E-state index contributed by atoms with van der Waals surface area (Å²) in [6, 6.07) is 13.2. The quantitative estimate of drug-likeness (QED) is 0.703. The molecule has 2 amide bonds. The molecule has 0 spiro atoms. The van der Waals surface area contributed by atoms with Gasteiger partial charge in [0.05, 0.1) is 30.9 Å². The molecule has 0 aliphatic rings. The first-order valence-corrected chi connectivity index (χ1v) is 8.75. The summed E-state index contributed by atoms with van der Waals surface area (Å²) in [5.74, 6) is -1.68. The number of carbonyl (C=O) groups is 3. The lowest BCUT2D eigenvalue weighted by Gasteiger charge is -2.09. The minimum absolute atomic E-state index is 0.113. The van der Waals surface area contributed by atoms with Gasteiger partial charge in [0.25, 0.3) is 11.8 Å². The minimum atomic E-state index is -0.730. The third kappa shape index (κ3) is 6.21. The van der Waals surface area contributed by atoms with Gasteiger partial charge >= 0.3 is 5.97 Å². The molecule has 0 atom stereocenters. The fourth-order valence-electron chi connectivity index (χ4n) is 2.28. The predicted molar refractivity (Wildman–Crippen MR) is 102 cm³/mol. The Balaban J connectivity index is 1.85. The maximum absolute atomic E-state index is 12.1. The Kier molecular flexibility index (Phi) is 7.71. The van der Waals surface area contributed by atoms with Crippen molar-refractivity contribution in [3.63, 3.8) is 0 Å². The molecule has 7 heteroatoms. The Hall–Kier alpha value is -3.19. The first-order chi connectivity index (χ1) is 13.4. The molecule has 0 heterocycles. The number of methoxy groups -OCH3 is 1. The van der Waals surface area contributed by atoms with Crippen molar-refractivity contribution in [2.24, 2.45) is 0 Å². The van der Waals surface area contributed by atoms with Crippen molar-refractivity contribution in [2.45, 2.75) is 26.6 Å². The van der Waals surface area contributed by atoms with Crippen LogP contribution in [0.2, 0.25) is 0 Å². The number of benzene rings is 2. The Morgan fingerprint density at radius 1 is 1.00 bits per heavy atom. The van der Waals surface area contributed by atoms with E-state index in [4.69, 9.17) is 14.2 Å². The van der Waals surface area contributed by atoms with Crippen LogP contribution >= 0.6 is 0 Å². The van der Waals surface area contributed by atoms with Crippen LogP contribution in [0, 0.1) is 0 Å². The molecule has 2 rings (SSSR count). The largest absolute Gasteiger partial charge is 0.496 e. The molecule has 0 fully saturated rings. The molecule has 2 aromatic rings. The highest BCUT2D eigenvalue weighted by Crippen LogP contribution is 2.16. The van der Waals surface area contributed by atoms with Gasteiger partial charge in [-0.3, -0.25) is 14.9 Å². The van der Waals surface area contributed by atoms with Gasteiger partial charge in [-0.05, 0) is 43.7 Å². The van der Waals surface area contributed by atoms with E-state index in [9.17, 15) is 14.4 Å². The van der Waals surface area contributed by atoms with E-state index >= 15 is 0 Å². The van der Waals surface area contributed by atoms with Crippen LogP contribution in [0.3, 0.4) is 0 Å². The van der Waals surface area contributed by atoms with E-state index in [-0.39, 0.29) is 11.7 Å². The van der Waals surface area contributed by atoms with Crippen molar-refractivity contribution in [2.75, 3.05) is 13.7 Å². The number of ether oxygens (including phenoxy) is 3. The number of hydrogen-bond donors (Lipinski definition) is 1. The minimum Gasteiger partial charge on any atom is -0.496 e. The molecular weight excluding hydrogens is 362 g/mol. The monoisotopic (exact) mass is 385 g/mol. The lowest BCUT2D eigenvalue weighted by atomic mass is 10.1. The van der Waals surface area contributed by atoms with Crippen LogP contribution < -0.4 is 10.1 Å². The summed E-state index contributed by atoms with van der Waals surface area (Å²) in [4.78, 5) is 36.1. The average Bonchev–Trinajstić information content (AvgIpc) is 2.70. The first kappa shape index (κ1) is 21.1. The lowest BCUT2D eigenvalue weighted by Crippen LogP contribution is -2.34. The van der Waals surface area contributed by atoms with Gasteiger partial charge in [-0.25, -0.2) is 4.79 Å². The standard InChI is InChI=1S/C21H23NO6/c1-14(2)27-12-15-8-10-16(11-9-15)21(25)28-13-19(23)22-20(24)17-6-4-5-7-18(17)26-3/h4-11,14H,12-13H2,1-3H3,(H,22,23,24). The summed E-state index contributed by atoms with van der Waals surface area (Å²) in [6.45, 7) is 3.75. The van der Waals surface area contributed by atoms with Crippen LogP contribution in [0.5, 0.6) is 5.75 Å². The van der Waals surface area contributed by atoms with Gasteiger partial charge in [0.15, 0.2) is 6.61 Å². The molecular formula is C21H23NO6. The van der Waals surface area contributed by atoms with Crippen LogP contribution in [0.4, 0.5) is 0 Å². The second-order valence-electron chi connectivity index (χ2n) is 6.21. The number of imide groups is 1. The van der Waals surface area contributed by atoms with Gasteiger partial charge in [0.1, 0.15) is 5.75 Å². The van der Waals surface area contributed by atoms with E-state index in [1.165, 1.54) is 13.2 Å². The van der Waals surface area contributed by atoms with Crippen molar-refractivity contribution in [3.05, 3.63) is 65.2 Å². The highest BCUT2D eigenvalue weighted by molar-refractivity contribution is 6.07. The molecule has 0 aromatic heterocycles. The SMILES string of the molecule is COc1ccccc1C(=O)NC(=O)COC(=O)c1ccc(COC(C)C)cc1. The molecule has 7 nitrogen and oxygen atoms in total. The topological polar surface area (TPSA) is 90.9 Å². The highest BCUT2D eigenvalue weighted by Gasteiger charge is 2.16. The molecule has 2 aromatic carbocycles. The average molecular weight is 385 g/mol. The molecule has 1 N–H and O–H groups in total. The molecule has 0 radical (unpaired) electrons. The molecule has 0 aliphatic carbocycles. The number of carbonyl (C=O) groups excluding carboxylic acids is 3. The lowest BCUT2D eigenvalue weighted by molar-refractivity contribution is -0.123. The van der Waals surface area contributed by atoms with Crippen LogP contribution in [0.25, 0.3) is 0 Å². The zero-order chi connectivity index (χ0) is 20.5. The van der Waals surface area contributed by atoms with Crippen molar-refractivity contribution in [1.82, 2.24) is 5.32 Å². The molecule has 0 bridgehead atoms. The van der Waals surface area contributed by atoms with Gasteiger partial charge in [0, 0.05) is 0 Å². The molecule has 0 saturated heterocycles. The summed E-state index contributed by atoms with van der Waals surface area (Å²) in [6.07, 6.45) is 0.113. The van der Waals surface area contributed by atoms with Crippen molar-refractivity contribution in [3.8, 4) is 5.75 Å². The Morgan fingerprint density at radius 3 is 2.32 bits per heavy atom. The maximum atomic E-state index is 12.1. The third-order valence-corrected chi connectivity index (χ3v) is 3.71. The molecule has 148 valence electrons. The smallest absolute Gasteiger partial charge is 0.338 e. The Bertz CT molecular complexity index is 829. The zero-order valence-electron chi connectivity index (χ0n) is 16.1. The highest BCUT2D eigenvalue weighted by atomic mass is 16.5. The number of rotatable bonds is 8. The van der Waals surface area contributed by atoms with E-state index < -0.39 is 24.4 Å². The van der Waals surface area contributed by atoms with Crippen LogP contribution in [0.15, 0.2) is 48.5 Å². The van der Waals surface area contributed by atoms with Gasteiger partial charge in [-0.15, -0.1) is 0 Å². The second kappa shape index (κ2) is 10.2. The normalized spacial score (nSPS) is 10.4. The Morgan fingerprint density at radius 2 is 1.68 bits per heavy atom. The summed E-state index contributed by atoms with van der Waals surface area (Å²) >= 11 is 0. The van der Waals surface area contributed by atoms with Gasteiger partial charge < -0.3 is 14.2 Å². The van der Waals surface area contributed by atoms with Crippen molar-refractivity contribution < 1.29 is 28.6 Å². The summed E-state index contributed by atoms with van der Waals surface area (Å²) in [5.41, 5.74) is 1.44. The fraction of sp³-hybridized carbons (Fsp3) is 0.286. The van der Waals surface area contributed by atoms with Crippen molar-refractivity contribution in [1.29, 1.82) is 0 Å². The maximum Gasteiger partial charge on any atom is 0.338 e. The molecule has 0 unspecified atom stereocenters. The van der Waals surface area contributed by atoms with E-state index in [0.717, 1.165) is 5.56 Å². The molecule has 0 saturated carbocycles. The van der Waals surface area contributed by atoms with Gasteiger partial charge in [0.2, 0.25) is 0 Å². The van der Waals surface area contributed by atoms with Gasteiger partial charge in [-0.2, -0.15) is 0 Å². The molecule has 0 aliphatic heterocycles. The van der Waals surface area contributed by atoms with Crippen LogP contribution in [-0.2, 0) is 20.9 Å². The number of hydrogen-bond acceptors (Lipinski definition) is 6. The number of nitrogens with one attached hydrogen (secondary N) is 1.